The fourth-order valence-corrected chi connectivity index (χ4v) is 3.97. The zero-order chi connectivity index (χ0) is 21.8. The summed E-state index contributed by atoms with van der Waals surface area (Å²) in [5.74, 6) is 0.434. The van der Waals surface area contributed by atoms with Gasteiger partial charge in [0.15, 0.2) is 5.76 Å². The topological polar surface area (TPSA) is 89.8 Å². The van der Waals surface area contributed by atoms with Crippen LogP contribution in [0.4, 0.5) is 0 Å². The molecule has 0 radical (unpaired) electrons. The van der Waals surface area contributed by atoms with Gasteiger partial charge in [-0.3, -0.25) is 14.2 Å². The molecule has 1 aromatic heterocycles. The second-order valence-electron chi connectivity index (χ2n) is 8.37. The molecule has 7 nitrogen and oxygen atoms in total. The maximum absolute atomic E-state index is 12.8. The first-order chi connectivity index (χ1) is 15.1. The lowest BCUT2D eigenvalue weighted by Crippen LogP contribution is -2.34. The second-order valence-corrected chi connectivity index (χ2v) is 8.37. The number of benzene rings is 1. The van der Waals surface area contributed by atoms with Crippen molar-refractivity contribution in [1.29, 1.82) is 0 Å². The Morgan fingerprint density at radius 2 is 2.06 bits per heavy atom. The van der Waals surface area contributed by atoms with Gasteiger partial charge in [0.25, 0.3) is 5.91 Å². The van der Waals surface area contributed by atoms with E-state index < -0.39 is 6.29 Å². The average molecular weight is 427 g/mol. The van der Waals surface area contributed by atoms with Gasteiger partial charge in [-0.1, -0.05) is 18.2 Å². The number of carbonyl (C=O) groups excluding carboxylic acids is 2. The number of para-hydroxylation sites is 1. The van der Waals surface area contributed by atoms with Gasteiger partial charge in [-0.05, 0) is 49.3 Å². The molecule has 0 saturated heterocycles. The number of hydrogen-bond acceptors (Lipinski definition) is 5. The number of allylic oxidation sites excluding steroid dienone is 1. The first-order valence-electron chi connectivity index (χ1n) is 11.1. The van der Waals surface area contributed by atoms with Gasteiger partial charge in [-0.25, -0.2) is 0 Å². The molecule has 0 spiro atoms. The van der Waals surface area contributed by atoms with Crippen LogP contribution < -0.4 is 5.32 Å². The lowest BCUT2D eigenvalue weighted by atomic mass is 9.92. The fourth-order valence-electron chi connectivity index (χ4n) is 3.97. The Morgan fingerprint density at radius 1 is 1.26 bits per heavy atom. The maximum atomic E-state index is 12.8. The van der Waals surface area contributed by atoms with Crippen molar-refractivity contribution in [3.8, 4) is 0 Å². The highest BCUT2D eigenvalue weighted by atomic mass is 16.7. The van der Waals surface area contributed by atoms with Gasteiger partial charge in [-0.15, -0.1) is 0 Å². The van der Waals surface area contributed by atoms with Gasteiger partial charge in [-0.2, -0.15) is 0 Å². The minimum Gasteiger partial charge on any atom is -0.459 e. The number of carbonyl (C=O) groups is 2. The van der Waals surface area contributed by atoms with Gasteiger partial charge in [0.1, 0.15) is 0 Å². The molecule has 1 amide bonds. The number of unbranched alkanes of at least 4 members (excludes halogenated alkanes) is 1. The van der Waals surface area contributed by atoms with E-state index in [-0.39, 0.29) is 30.1 Å². The number of nitrogens with one attached hydrogen (secondary N) is 1. The number of fused-ring (bicyclic) bond motifs is 1. The summed E-state index contributed by atoms with van der Waals surface area (Å²) in [6, 6.07) is 7.79. The number of nitrogens with zero attached hydrogens (tertiary/aromatic N) is 1. The van der Waals surface area contributed by atoms with Crippen LogP contribution in [0.15, 0.2) is 42.3 Å². The molecule has 1 aliphatic carbocycles. The third-order valence-corrected chi connectivity index (χ3v) is 5.87. The Bertz CT molecular complexity index is 976. The van der Waals surface area contributed by atoms with Gasteiger partial charge >= 0.3 is 0 Å². The second kappa shape index (κ2) is 9.66. The van der Waals surface area contributed by atoms with Crippen molar-refractivity contribution in [2.75, 3.05) is 19.8 Å². The van der Waals surface area contributed by atoms with Crippen LogP contribution in [0.25, 0.3) is 10.9 Å². The summed E-state index contributed by atoms with van der Waals surface area (Å²) in [6.45, 7) is 2.77. The summed E-state index contributed by atoms with van der Waals surface area (Å²) in [5, 5.41) is 12.9. The normalized spacial score (nSPS) is 20.9. The van der Waals surface area contributed by atoms with E-state index in [9.17, 15) is 9.59 Å². The van der Waals surface area contributed by atoms with Crippen LogP contribution in [0, 0.1) is 5.92 Å². The van der Waals surface area contributed by atoms with Crippen molar-refractivity contribution in [3.05, 3.63) is 47.9 Å². The van der Waals surface area contributed by atoms with Gasteiger partial charge in [0.2, 0.25) is 12.2 Å². The molecule has 1 aliphatic heterocycles. The summed E-state index contributed by atoms with van der Waals surface area (Å²) in [4.78, 5) is 24.9. The lowest BCUT2D eigenvalue weighted by molar-refractivity contribution is -0.146. The maximum Gasteiger partial charge on any atom is 0.286 e. The van der Waals surface area contributed by atoms with E-state index in [0.29, 0.717) is 31.9 Å². The Labute approximate surface area is 182 Å². The average Bonchev–Trinajstić information content (AvgIpc) is 3.52. The van der Waals surface area contributed by atoms with Gasteiger partial charge < -0.3 is 19.9 Å². The first kappa shape index (κ1) is 21.6. The minimum atomic E-state index is -0.560. The Balaban J connectivity index is 1.60. The van der Waals surface area contributed by atoms with Crippen LogP contribution in [-0.2, 0) is 14.3 Å². The van der Waals surface area contributed by atoms with Crippen LogP contribution in [-0.4, -0.2) is 47.5 Å². The lowest BCUT2D eigenvalue weighted by Gasteiger charge is -2.29. The van der Waals surface area contributed by atoms with E-state index in [1.54, 1.807) is 11.5 Å². The third kappa shape index (κ3) is 5.17. The van der Waals surface area contributed by atoms with Crippen molar-refractivity contribution >= 4 is 22.7 Å². The van der Waals surface area contributed by atoms with Crippen LogP contribution in [0.2, 0.25) is 0 Å². The van der Waals surface area contributed by atoms with E-state index in [1.807, 2.05) is 36.5 Å². The molecular weight excluding hydrogens is 396 g/mol. The van der Waals surface area contributed by atoms with Gasteiger partial charge in [0.05, 0.1) is 12.1 Å². The number of aliphatic hydroxyl groups excluding tert-OH is 1. The monoisotopic (exact) mass is 426 g/mol. The molecule has 2 atom stereocenters. The Hall–Kier alpha value is -2.64. The van der Waals surface area contributed by atoms with Crippen molar-refractivity contribution in [2.24, 2.45) is 5.92 Å². The summed E-state index contributed by atoms with van der Waals surface area (Å²) < 4.78 is 13.4. The molecule has 0 bridgehead atoms. The molecule has 1 saturated carbocycles. The summed E-state index contributed by atoms with van der Waals surface area (Å²) in [7, 11) is 0. The first-order valence-corrected chi connectivity index (χ1v) is 11.1. The highest BCUT2D eigenvalue weighted by molar-refractivity contribution is 5.95. The van der Waals surface area contributed by atoms with Crippen LogP contribution in [0.1, 0.15) is 55.3 Å². The SMILES string of the molecule is CC(=O)n1cc([C@@H]2C=C(C(=O)NCC3CC3)O[C@H](OCCCCO)C2)c2ccccc21. The predicted octanol–water partition coefficient (Wildman–Crippen LogP) is 3.33. The number of ether oxygens (including phenoxy) is 2. The zero-order valence-electron chi connectivity index (χ0n) is 17.9. The van der Waals surface area contributed by atoms with E-state index in [2.05, 4.69) is 5.32 Å². The van der Waals surface area contributed by atoms with E-state index in [1.165, 1.54) is 0 Å². The summed E-state index contributed by atoms with van der Waals surface area (Å²) >= 11 is 0. The quantitative estimate of drug-likeness (QED) is 0.601. The molecular formula is C24H30N2O5. The molecule has 166 valence electrons. The summed E-state index contributed by atoms with van der Waals surface area (Å²) in [5.41, 5.74) is 1.83. The van der Waals surface area contributed by atoms with Gasteiger partial charge in [0, 0.05) is 44.0 Å². The number of aromatic nitrogens is 1. The van der Waals surface area contributed by atoms with E-state index in [0.717, 1.165) is 35.7 Å². The predicted molar refractivity (Wildman–Crippen MR) is 117 cm³/mol. The molecule has 0 unspecified atom stereocenters. The molecule has 2 aromatic rings. The molecule has 4 rings (SSSR count). The fraction of sp³-hybridized carbons (Fsp3) is 0.500. The summed E-state index contributed by atoms with van der Waals surface area (Å²) in [6.07, 6.45) is 7.39. The number of aliphatic hydroxyl groups is 1. The van der Waals surface area contributed by atoms with Crippen molar-refractivity contribution in [2.45, 2.75) is 51.2 Å². The number of amides is 1. The van der Waals surface area contributed by atoms with Crippen molar-refractivity contribution in [1.82, 2.24) is 9.88 Å². The minimum absolute atomic E-state index is 0.0577. The zero-order valence-corrected chi connectivity index (χ0v) is 17.9. The largest absolute Gasteiger partial charge is 0.459 e. The molecule has 31 heavy (non-hydrogen) atoms. The van der Waals surface area contributed by atoms with Crippen LogP contribution in [0.3, 0.4) is 0 Å². The Kier molecular flexibility index (Phi) is 6.73. The molecule has 1 aromatic carbocycles. The third-order valence-electron chi connectivity index (χ3n) is 5.87. The number of hydrogen-bond donors (Lipinski definition) is 2. The standard InChI is InChI=1S/C24H30N2O5/c1-16(28)26-15-20(19-6-2-3-7-21(19)26)18-12-22(24(29)25-14-17-8-9-17)31-23(13-18)30-11-5-4-10-27/h2-3,6-7,12,15,17-18,23,27H,4-5,8-11,13-14H2,1H3,(H,25,29)/t18-,23+/m1/s1. The molecule has 2 heterocycles. The van der Waals surface area contributed by atoms with Crippen LogP contribution >= 0.6 is 0 Å². The van der Waals surface area contributed by atoms with Crippen molar-refractivity contribution < 1.29 is 24.2 Å². The highest BCUT2D eigenvalue weighted by Crippen LogP contribution is 2.36. The molecule has 2 N–H and O–H groups in total. The molecule has 2 aliphatic rings. The van der Waals surface area contributed by atoms with Crippen LogP contribution in [0.5, 0.6) is 0 Å². The Morgan fingerprint density at radius 3 is 2.81 bits per heavy atom. The van der Waals surface area contributed by atoms with Crippen molar-refractivity contribution in [3.63, 3.8) is 0 Å². The smallest absolute Gasteiger partial charge is 0.286 e. The molecule has 7 heteroatoms. The van der Waals surface area contributed by atoms with E-state index >= 15 is 0 Å². The highest BCUT2D eigenvalue weighted by Gasteiger charge is 2.31. The molecule has 1 fully saturated rings. The number of rotatable bonds is 9. The van der Waals surface area contributed by atoms with E-state index in [4.69, 9.17) is 14.6 Å².